The molecule has 160 valence electrons. The number of nitrogens with one attached hydrogen (secondary N) is 1. The summed E-state index contributed by atoms with van der Waals surface area (Å²) in [5, 5.41) is 8.98. The highest BCUT2D eigenvalue weighted by Gasteiger charge is 2.33. The van der Waals surface area contributed by atoms with Gasteiger partial charge in [-0.15, -0.1) is 0 Å². The number of Topliss-reactive ketones (excluding diaryl/α,β-unsaturated/α-hetero) is 2. The van der Waals surface area contributed by atoms with Crippen LogP contribution in [0.3, 0.4) is 0 Å². The largest absolute Gasteiger partial charge is 0.392 e. The van der Waals surface area contributed by atoms with E-state index in [0.29, 0.717) is 22.7 Å². The van der Waals surface area contributed by atoms with Gasteiger partial charge in [-0.3, -0.25) is 9.59 Å². The zero-order valence-corrected chi connectivity index (χ0v) is 16.8. The lowest BCUT2D eigenvalue weighted by Crippen LogP contribution is -2.24. The van der Waals surface area contributed by atoms with Crippen LogP contribution in [0.1, 0.15) is 38.0 Å². The SMILES string of the molecule is O=C(c1cc(F)cc(F)c1)C(C(=O)c1cccc(C=CCO)c1)c1nc2ccccc2[nH]1. The number of H-pyrrole nitrogens is 1. The molecule has 2 N–H and O–H groups in total. The first kappa shape index (κ1) is 21.3. The zero-order valence-electron chi connectivity index (χ0n) is 16.8. The maximum absolute atomic E-state index is 13.8. The number of aliphatic hydroxyl groups excluding tert-OH is 1. The van der Waals surface area contributed by atoms with Crippen molar-refractivity contribution in [2.75, 3.05) is 6.61 Å². The predicted octanol–water partition coefficient (Wildman–Crippen LogP) is 4.70. The maximum Gasteiger partial charge on any atom is 0.181 e. The number of hydrogen-bond donors (Lipinski definition) is 2. The number of ketones is 2. The molecule has 0 aliphatic rings. The summed E-state index contributed by atoms with van der Waals surface area (Å²) in [5.74, 6) is -4.52. The summed E-state index contributed by atoms with van der Waals surface area (Å²) < 4.78 is 27.6. The smallest absolute Gasteiger partial charge is 0.181 e. The Bertz CT molecular complexity index is 1290. The first-order valence-electron chi connectivity index (χ1n) is 9.83. The monoisotopic (exact) mass is 432 g/mol. The Balaban J connectivity index is 1.82. The molecule has 0 amide bonds. The van der Waals surface area contributed by atoms with Gasteiger partial charge in [0, 0.05) is 17.2 Å². The van der Waals surface area contributed by atoms with E-state index in [-0.39, 0.29) is 23.6 Å². The molecule has 0 saturated carbocycles. The second-order valence-electron chi connectivity index (χ2n) is 7.17. The maximum atomic E-state index is 13.8. The number of nitrogens with zero attached hydrogens (tertiary/aromatic N) is 1. The van der Waals surface area contributed by atoms with E-state index in [1.54, 1.807) is 54.6 Å². The summed E-state index contributed by atoms with van der Waals surface area (Å²) in [5.41, 5.74) is 1.78. The standard InChI is InChI=1S/C25H18F2N2O3/c26-18-12-17(13-19(27)14-18)24(32)22(25-28-20-8-1-2-9-21(20)29-25)23(31)16-7-3-5-15(11-16)6-4-10-30/h1-9,11-14,22,30H,10H2,(H,28,29). The van der Waals surface area contributed by atoms with Crippen molar-refractivity contribution in [2.24, 2.45) is 0 Å². The summed E-state index contributed by atoms with van der Waals surface area (Å²) in [6.07, 6.45) is 3.15. The Morgan fingerprint density at radius 2 is 1.66 bits per heavy atom. The highest BCUT2D eigenvalue weighted by Crippen LogP contribution is 2.27. The third-order valence-corrected chi connectivity index (χ3v) is 4.94. The van der Waals surface area contributed by atoms with Crippen molar-refractivity contribution in [3.63, 3.8) is 0 Å². The number of fused-ring (bicyclic) bond motifs is 1. The number of imidazole rings is 1. The molecule has 0 fully saturated rings. The minimum Gasteiger partial charge on any atom is -0.392 e. The highest BCUT2D eigenvalue weighted by molar-refractivity contribution is 6.20. The van der Waals surface area contributed by atoms with Crippen LogP contribution in [0.2, 0.25) is 0 Å². The molecule has 0 spiro atoms. The van der Waals surface area contributed by atoms with E-state index < -0.39 is 29.1 Å². The third-order valence-electron chi connectivity index (χ3n) is 4.94. The summed E-state index contributed by atoms with van der Waals surface area (Å²) in [6, 6.07) is 16.0. The number of aliphatic hydroxyl groups is 1. The number of carbonyl (C=O) groups is 2. The molecular weight excluding hydrogens is 414 g/mol. The fourth-order valence-electron chi connectivity index (χ4n) is 3.49. The highest BCUT2D eigenvalue weighted by atomic mass is 19.1. The van der Waals surface area contributed by atoms with Crippen molar-refractivity contribution in [1.82, 2.24) is 9.97 Å². The Hall–Kier alpha value is -3.97. The number of halogens is 2. The molecule has 3 aromatic carbocycles. The average molecular weight is 432 g/mol. The van der Waals surface area contributed by atoms with E-state index in [4.69, 9.17) is 5.11 Å². The summed E-state index contributed by atoms with van der Waals surface area (Å²) in [7, 11) is 0. The van der Waals surface area contributed by atoms with E-state index in [2.05, 4.69) is 9.97 Å². The molecule has 0 aliphatic carbocycles. The number of hydrogen-bond acceptors (Lipinski definition) is 4. The molecule has 0 aliphatic heterocycles. The molecule has 0 radical (unpaired) electrons. The molecule has 0 saturated heterocycles. The lowest BCUT2D eigenvalue weighted by molar-refractivity contribution is 0.0855. The number of carbonyl (C=O) groups excluding carboxylic acids is 2. The average Bonchev–Trinajstić information content (AvgIpc) is 3.20. The van der Waals surface area contributed by atoms with E-state index in [0.717, 1.165) is 12.1 Å². The molecule has 5 nitrogen and oxygen atoms in total. The lowest BCUT2D eigenvalue weighted by Gasteiger charge is -2.14. The van der Waals surface area contributed by atoms with Gasteiger partial charge in [0.2, 0.25) is 0 Å². The van der Waals surface area contributed by atoms with Crippen LogP contribution in [0.25, 0.3) is 17.1 Å². The summed E-state index contributed by atoms with van der Waals surface area (Å²) >= 11 is 0. The first-order valence-corrected chi connectivity index (χ1v) is 9.83. The molecule has 4 aromatic rings. The van der Waals surface area contributed by atoms with E-state index in [1.165, 1.54) is 6.08 Å². The second-order valence-corrected chi connectivity index (χ2v) is 7.17. The Morgan fingerprint density at radius 1 is 0.938 bits per heavy atom. The van der Waals surface area contributed by atoms with E-state index in [9.17, 15) is 18.4 Å². The number of benzene rings is 3. The zero-order chi connectivity index (χ0) is 22.7. The summed E-state index contributed by atoms with van der Waals surface area (Å²) in [6.45, 7) is -0.163. The molecule has 0 bridgehead atoms. The molecule has 7 heteroatoms. The van der Waals surface area contributed by atoms with Crippen molar-refractivity contribution < 1.29 is 23.5 Å². The van der Waals surface area contributed by atoms with Gasteiger partial charge in [0.1, 0.15) is 23.4 Å². The van der Waals surface area contributed by atoms with Gasteiger partial charge >= 0.3 is 0 Å². The van der Waals surface area contributed by atoms with Gasteiger partial charge in [-0.2, -0.15) is 0 Å². The van der Waals surface area contributed by atoms with Gasteiger partial charge in [-0.25, -0.2) is 13.8 Å². The Labute approximate surface area is 182 Å². The van der Waals surface area contributed by atoms with E-state index >= 15 is 0 Å². The third kappa shape index (κ3) is 4.38. The summed E-state index contributed by atoms with van der Waals surface area (Å²) in [4.78, 5) is 34.2. The van der Waals surface area contributed by atoms with Gasteiger partial charge < -0.3 is 10.1 Å². The van der Waals surface area contributed by atoms with Crippen molar-refractivity contribution in [3.05, 3.63) is 107 Å². The molecule has 1 heterocycles. The molecule has 1 aromatic heterocycles. The molecule has 4 rings (SSSR count). The van der Waals surface area contributed by atoms with Crippen molar-refractivity contribution >= 4 is 28.7 Å². The molecule has 1 atom stereocenters. The molecule has 32 heavy (non-hydrogen) atoms. The van der Waals surface area contributed by atoms with Crippen LogP contribution in [-0.4, -0.2) is 33.2 Å². The van der Waals surface area contributed by atoms with Crippen LogP contribution in [0.5, 0.6) is 0 Å². The molecular formula is C25H18F2N2O3. The Morgan fingerprint density at radius 3 is 2.38 bits per heavy atom. The van der Waals surface area contributed by atoms with Gasteiger partial charge in [-0.05, 0) is 35.9 Å². The van der Waals surface area contributed by atoms with Gasteiger partial charge in [0.25, 0.3) is 0 Å². The fourth-order valence-corrected chi connectivity index (χ4v) is 3.49. The predicted molar refractivity (Wildman–Crippen MR) is 116 cm³/mol. The van der Waals surface area contributed by atoms with Gasteiger partial charge in [0.05, 0.1) is 17.6 Å². The first-order chi connectivity index (χ1) is 15.5. The second kappa shape index (κ2) is 9.03. The van der Waals surface area contributed by atoms with Crippen LogP contribution < -0.4 is 0 Å². The minimum absolute atomic E-state index is 0.0853. The van der Waals surface area contributed by atoms with Gasteiger partial charge in [0.15, 0.2) is 11.6 Å². The van der Waals surface area contributed by atoms with Crippen molar-refractivity contribution in [3.8, 4) is 0 Å². The van der Waals surface area contributed by atoms with Crippen LogP contribution in [0.4, 0.5) is 8.78 Å². The normalized spacial score (nSPS) is 12.3. The quantitative estimate of drug-likeness (QED) is 0.328. The minimum atomic E-state index is -1.43. The Kier molecular flexibility index (Phi) is 6.00. The van der Waals surface area contributed by atoms with Crippen LogP contribution in [0, 0.1) is 11.6 Å². The molecule has 1 unspecified atom stereocenters. The number of rotatable bonds is 7. The fraction of sp³-hybridized carbons (Fsp3) is 0.0800. The van der Waals surface area contributed by atoms with E-state index in [1.807, 2.05) is 0 Å². The van der Waals surface area contributed by atoms with Crippen LogP contribution in [-0.2, 0) is 0 Å². The van der Waals surface area contributed by atoms with Crippen molar-refractivity contribution in [1.29, 1.82) is 0 Å². The topological polar surface area (TPSA) is 83.1 Å². The van der Waals surface area contributed by atoms with Crippen LogP contribution in [0.15, 0.2) is 72.8 Å². The van der Waals surface area contributed by atoms with Crippen LogP contribution >= 0.6 is 0 Å². The number of para-hydroxylation sites is 2. The van der Waals surface area contributed by atoms with Crippen molar-refractivity contribution in [2.45, 2.75) is 5.92 Å². The lowest BCUT2D eigenvalue weighted by atomic mass is 9.88. The number of aromatic nitrogens is 2. The van der Waals surface area contributed by atoms with Gasteiger partial charge in [-0.1, -0.05) is 42.5 Å². The number of aromatic amines is 1.